The van der Waals surface area contributed by atoms with E-state index in [2.05, 4.69) is 10.0 Å². The molecule has 11 nitrogen and oxygen atoms in total. The summed E-state index contributed by atoms with van der Waals surface area (Å²) >= 11 is 0. The number of anilines is 2. The standard InChI is InChI=1S/C26H29N3O8S2/c1-35-19-8-12-23(25(16-19)37-3)28-38(31,32)20-9-6-18(7-10-20)27-26(30)22-17-21(11-13-24(22)36-2)39(33,34)29-14-4-5-15-29/h6-13,16-17,28H,4-5,14-15H2,1-3H3,(H,27,30). The highest BCUT2D eigenvalue weighted by atomic mass is 32.2. The number of hydrogen-bond acceptors (Lipinski definition) is 8. The summed E-state index contributed by atoms with van der Waals surface area (Å²) in [6.07, 6.45) is 1.58. The molecule has 208 valence electrons. The van der Waals surface area contributed by atoms with Crippen LogP contribution in [0, 0.1) is 0 Å². The molecule has 13 heteroatoms. The third kappa shape index (κ3) is 6.10. The van der Waals surface area contributed by atoms with Crippen LogP contribution in [0.15, 0.2) is 70.5 Å². The van der Waals surface area contributed by atoms with E-state index >= 15 is 0 Å². The summed E-state index contributed by atoms with van der Waals surface area (Å²) in [5.41, 5.74) is 0.560. The van der Waals surface area contributed by atoms with Crippen LogP contribution in [0.1, 0.15) is 23.2 Å². The summed E-state index contributed by atoms with van der Waals surface area (Å²) in [5.74, 6) is 0.377. The molecule has 3 aromatic rings. The van der Waals surface area contributed by atoms with Gasteiger partial charge in [0.05, 0.1) is 42.4 Å². The SMILES string of the molecule is COc1ccc(NS(=O)(=O)c2ccc(NC(=O)c3cc(S(=O)(=O)N4CCCC4)ccc3OC)cc2)c(OC)c1. The third-order valence-corrected chi connectivity index (χ3v) is 9.47. The Bertz CT molecular complexity index is 1570. The van der Waals surface area contributed by atoms with Crippen LogP contribution in [0.2, 0.25) is 0 Å². The topological polar surface area (TPSA) is 140 Å². The number of amides is 1. The minimum absolute atomic E-state index is 0.00294. The minimum Gasteiger partial charge on any atom is -0.497 e. The Hall–Kier alpha value is -3.81. The van der Waals surface area contributed by atoms with Gasteiger partial charge >= 0.3 is 0 Å². The van der Waals surface area contributed by atoms with E-state index in [4.69, 9.17) is 14.2 Å². The molecule has 0 unspecified atom stereocenters. The molecule has 39 heavy (non-hydrogen) atoms. The Morgan fingerprint density at radius 3 is 2.03 bits per heavy atom. The number of rotatable bonds is 10. The normalized spacial score (nSPS) is 14.0. The first-order chi connectivity index (χ1) is 18.6. The summed E-state index contributed by atoms with van der Waals surface area (Å²) in [7, 11) is -3.44. The molecule has 0 atom stereocenters. The number of hydrogen-bond donors (Lipinski definition) is 2. The molecule has 0 spiro atoms. The first-order valence-corrected chi connectivity index (χ1v) is 14.9. The maximum atomic E-state index is 13.1. The Morgan fingerprint density at radius 2 is 1.41 bits per heavy atom. The van der Waals surface area contributed by atoms with Gasteiger partial charge in [-0.15, -0.1) is 0 Å². The number of carbonyl (C=O) groups is 1. The minimum atomic E-state index is -3.98. The van der Waals surface area contributed by atoms with Crippen molar-refractivity contribution in [3.8, 4) is 17.2 Å². The predicted octanol–water partition coefficient (Wildman–Crippen LogP) is 3.55. The fourth-order valence-corrected chi connectivity index (χ4v) is 6.72. The summed E-state index contributed by atoms with van der Waals surface area (Å²) in [6.45, 7) is 0.872. The van der Waals surface area contributed by atoms with Crippen molar-refractivity contribution in [3.63, 3.8) is 0 Å². The van der Waals surface area contributed by atoms with E-state index in [0.29, 0.717) is 24.5 Å². The number of nitrogens with zero attached hydrogens (tertiary/aromatic N) is 1. The van der Waals surface area contributed by atoms with Gasteiger partial charge in [-0.1, -0.05) is 0 Å². The molecule has 1 heterocycles. The van der Waals surface area contributed by atoms with E-state index in [1.807, 2.05) is 0 Å². The van der Waals surface area contributed by atoms with Crippen molar-refractivity contribution in [1.29, 1.82) is 0 Å². The Kier molecular flexibility index (Phi) is 8.33. The Morgan fingerprint density at radius 1 is 0.769 bits per heavy atom. The lowest BCUT2D eigenvalue weighted by Crippen LogP contribution is -2.28. The van der Waals surface area contributed by atoms with Crippen molar-refractivity contribution in [2.75, 3.05) is 44.5 Å². The highest BCUT2D eigenvalue weighted by molar-refractivity contribution is 7.92. The van der Waals surface area contributed by atoms with E-state index in [-0.39, 0.29) is 32.5 Å². The number of ether oxygens (including phenoxy) is 3. The molecule has 1 aliphatic heterocycles. The van der Waals surface area contributed by atoms with E-state index in [1.165, 1.54) is 74.2 Å². The van der Waals surface area contributed by atoms with Gasteiger partial charge in [0.25, 0.3) is 15.9 Å². The van der Waals surface area contributed by atoms with E-state index in [0.717, 1.165) is 12.8 Å². The van der Waals surface area contributed by atoms with Crippen molar-refractivity contribution in [1.82, 2.24) is 4.31 Å². The van der Waals surface area contributed by atoms with Gasteiger partial charge < -0.3 is 19.5 Å². The van der Waals surface area contributed by atoms with Crippen molar-refractivity contribution in [2.45, 2.75) is 22.6 Å². The number of nitrogens with one attached hydrogen (secondary N) is 2. The summed E-state index contributed by atoms with van der Waals surface area (Å²) in [6, 6.07) is 14.3. The van der Waals surface area contributed by atoms with Crippen LogP contribution in [-0.2, 0) is 20.0 Å². The maximum absolute atomic E-state index is 13.1. The number of benzene rings is 3. The molecule has 0 radical (unpaired) electrons. The highest BCUT2D eigenvalue weighted by Gasteiger charge is 2.29. The lowest BCUT2D eigenvalue weighted by molar-refractivity contribution is 0.102. The van der Waals surface area contributed by atoms with Gasteiger partial charge in [0.2, 0.25) is 10.0 Å². The van der Waals surface area contributed by atoms with Crippen molar-refractivity contribution >= 4 is 37.3 Å². The molecular weight excluding hydrogens is 546 g/mol. The second-order valence-corrected chi connectivity index (χ2v) is 12.2. The quantitative estimate of drug-likeness (QED) is 0.374. The number of sulfonamides is 2. The van der Waals surface area contributed by atoms with Crippen LogP contribution >= 0.6 is 0 Å². The molecule has 1 saturated heterocycles. The second kappa shape index (κ2) is 11.5. The third-order valence-electron chi connectivity index (χ3n) is 6.19. The fraction of sp³-hybridized carbons (Fsp3) is 0.269. The van der Waals surface area contributed by atoms with E-state index in [1.54, 1.807) is 12.1 Å². The van der Waals surface area contributed by atoms with Crippen LogP contribution in [0.4, 0.5) is 11.4 Å². The average molecular weight is 576 g/mol. The molecule has 0 aliphatic carbocycles. The molecule has 1 aliphatic rings. The average Bonchev–Trinajstić information content (AvgIpc) is 3.49. The highest BCUT2D eigenvalue weighted by Crippen LogP contribution is 2.31. The van der Waals surface area contributed by atoms with Crippen LogP contribution in [0.5, 0.6) is 17.2 Å². The predicted molar refractivity (Wildman–Crippen MR) is 146 cm³/mol. The maximum Gasteiger partial charge on any atom is 0.262 e. The van der Waals surface area contributed by atoms with Gasteiger partial charge in [0.15, 0.2) is 0 Å². The van der Waals surface area contributed by atoms with E-state index < -0.39 is 26.0 Å². The van der Waals surface area contributed by atoms with Crippen LogP contribution in [0.25, 0.3) is 0 Å². The monoisotopic (exact) mass is 575 g/mol. The molecule has 0 bridgehead atoms. The van der Waals surface area contributed by atoms with Gasteiger partial charge in [-0.2, -0.15) is 4.31 Å². The Balaban J connectivity index is 1.53. The van der Waals surface area contributed by atoms with Crippen LogP contribution in [0.3, 0.4) is 0 Å². The van der Waals surface area contributed by atoms with Crippen molar-refractivity contribution < 1.29 is 35.8 Å². The van der Waals surface area contributed by atoms with E-state index in [9.17, 15) is 21.6 Å². The lowest BCUT2D eigenvalue weighted by atomic mass is 10.2. The first-order valence-electron chi connectivity index (χ1n) is 11.9. The summed E-state index contributed by atoms with van der Waals surface area (Å²) in [4.78, 5) is 13.0. The zero-order valence-corrected chi connectivity index (χ0v) is 23.3. The van der Waals surface area contributed by atoms with Gasteiger partial charge in [-0.25, -0.2) is 16.8 Å². The zero-order valence-electron chi connectivity index (χ0n) is 21.6. The van der Waals surface area contributed by atoms with Gasteiger partial charge in [-0.05, 0) is 67.4 Å². The van der Waals surface area contributed by atoms with Crippen molar-refractivity contribution in [2.24, 2.45) is 0 Å². The first kappa shape index (κ1) is 28.2. The molecule has 0 aromatic heterocycles. The largest absolute Gasteiger partial charge is 0.497 e. The molecule has 4 rings (SSSR count). The van der Waals surface area contributed by atoms with Gasteiger partial charge in [0.1, 0.15) is 17.2 Å². The second-order valence-electron chi connectivity index (χ2n) is 8.62. The molecule has 2 N–H and O–H groups in total. The summed E-state index contributed by atoms with van der Waals surface area (Å²) in [5, 5.41) is 2.66. The number of carbonyl (C=O) groups excluding carboxylic acids is 1. The molecule has 1 fully saturated rings. The smallest absolute Gasteiger partial charge is 0.262 e. The lowest BCUT2D eigenvalue weighted by Gasteiger charge is -2.17. The number of methoxy groups -OCH3 is 3. The molecule has 0 saturated carbocycles. The molecule has 3 aromatic carbocycles. The molecular formula is C26H29N3O8S2. The van der Waals surface area contributed by atoms with Gasteiger partial charge in [0, 0.05) is 24.8 Å². The van der Waals surface area contributed by atoms with Crippen LogP contribution < -0.4 is 24.2 Å². The zero-order chi connectivity index (χ0) is 28.2. The fourth-order valence-electron chi connectivity index (χ4n) is 4.10. The summed E-state index contributed by atoms with van der Waals surface area (Å²) < 4.78 is 71.4. The van der Waals surface area contributed by atoms with Crippen molar-refractivity contribution in [3.05, 3.63) is 66.2 Å². The Labute approximate surface area is 227 Å². The molecule has 1 amide bonds. The van der Waals surface area contributed by atoms with Crippen LogP contribution in [-0.4, -0.2) is 61.5 Å². The van der Waals surface area contributed by atoms with Gasteiger partial charge in [-0.3, -0.25) is 9.52 Å².